The highest BCUT2D eigenvalue weighted by Gasteiger charge is 2.21. The topological polar surface area (TPSA) is 100 Å². The summed E-state index contributed by atoms with van der Waals surface area (Å²) in [7, 11) is 1.26. The van der Waals surface area contributed by atoms with Crippen molar-refractivity contribution in [1.82, 2.24) is 15.0 Å². The molecule has 21 heavy (non-hydrogen) atoms. The Morgan fingerprint density at radius 2 is 2.00 bits per heavy atom. The zero-order valence-corrected chi connectivity index (χ0v) is 12.0. The van der Waals surface area contributed by atoms with Crippen molar-refractivity contribution in [3.8, 4) is 11.3 Å². The number of ether oxygens (including phenoxy) is 1. The molecule has 0 spiro atoms. The molecule has 0 aliphatic rings. The fraction of sp³-hybridized carbons (Fsp3) is 0.231. The molecular formula is C13H13ClN4O3. The quantitative estimate of drug-likeness (QED) is 0.838. The summed E-state index contributed by atoms with van der Waals surface area (Å²) >= 11 is 5.85. The number of halogens is 1. The third kappa shape index (κ3) is 3.38. The van der Waals surface area contributed by atoms with Gasteiger partial charge in [0.05, 0.1) is 13.7 Å². The van der Waals surface area contributed by atoms with Gasteiger partial charge >= 0.3 is 5.97 Å². The molecule has 2 rings (SSSR count). The molecule has 8 heteroatoms. The first-order valence-electron chi connectivity index (χ1n) is 6.09. The Balaban J connectivity index is 2.47. The van der Waals surface area contributed by atoms with Crippen molar-refractivity contribution < 1.29 is 14.3 Å². The predicted molar refractivity (Wildman–Crippen MR) is 75.6 cm³/mol. The number of nitrogens with two attached hydrogens (primary N) is 1. The van der Waals surface area contributed by atoms with Gasteiger partial charge in [-0.15, -0.1) is 5.10 Å². The van der Waals surface area contributed by atoms with Crippen LogP contribution in [0.25, 0.3) is 11.3 Å². The van der Waals surface area contributed by atoms with Crippen molar-refractivity contribution in [2.75, 3.05) is 7.11 Å². The molecule has 1 amide bonds. The summed E-state index contributed by atoms with van der Waals surface area (Å²) in [5.74, 6) is -1.07. The number of rotatable bonds is 5. The molecule has 0 aliphatic heterocycles. The molecule has 2 N–H and O–H groups in total. The molecule has 2 aromatic rings. The number of nitrogens with zero attached hydrogens (tertiary/aromatic N) is 3. The Morgan fingerprint density at radius 3 is 2.57 bits per heavy atom. The van der Waals surface area contributed by atoms with Gasteiger partial charge in [0, 0.05) is 17.0 Å². The first-order chi connectivity index (χ1) is 10.0. The lowest BCUT2D eigenvalue weighted by Crippen LogP contribution is -2.15. The molecule has 7 nitrogen and oxygen atoms in total. The molecule has 0 saturated carbocycles. The lowest BCUT2D eigenvalue weighted by molar-refractivity contribution is -0.118. The molecule has 1 aromatic carbocycles. The number of hydrogen-bond donors (Lipinski definition) is 1. The van der Waals surface area contributed by atoms with Crippen molar-refractivity contribution in [3.05, 3.63) is 35.0 Å². The lowest BCUT2D eigenvalue weighted by Gasteiger charge is -2.07. The van der Waals surface area contributed by atoms with Gasteiger partial charge in [0.1, 0.15) is 5.69 Å². The van der Waals surface area contributed by atoms with E-state index in [-0.39, 0.29) is 18.7 Å². The van der Waals surface area contributed by atoms with Crippen LogP contribution in [-0.4, -0.2) is 34.0 Å². The number of hydrogen-bond acceptors (Lipinski definition) is 5. The zero-order valence-electron chi connectivity index (χ0n) is 11.2. The van der Waals surface area contributed by atoms with Crippen molar-refractivity contribution in [3.63, 3.8) is 0 Å². The number of aryl methyl sites for hydroxylation is 1. The molecule has 0 unspecified atom stereocenters. The number of esters is 1. The Hall–Kier alpha value is -2.41. The summed E-state index contributed by atoms with van der Waals surface area (Å²) in [6.45, 7) is 0.220. The smallest absolute Gasteiger partial charge is 0.360 e. The summed E-state index contributed by atoms with van der Waals surface area (Å²) < 4.78 is 6.13. The highest BCUT2D eigenvalue weighted by molar-refractivity contribution is 6.30. The Bertz CT molecular complexity index is 667. The maximum Gasteiger partial charge on any atom is 0.360 e. The number of primary amides is 1. The van der Waals surface area contributed by atoms with Crippen LogP contribution in [-0.2, 0) is 16.1 Å². The average molecular weight is 309 g/mol. The van der Waals surface area contributed by atoms with Crippen molar-refractivity contribution in [1.29, 1.82) is 0 Å². The molecule has 0 fully saturated rings. The molecule has 1 heterocycles. The molecule has 0 radical (unpaired) electrons. The normalized spacial score (nSPS) is 10.4. The summed E-state index contributed by atoms with van der Waals surface area (Å²) in [4.78, 5) is 22.7. The predicted octanol–water partition coefficient (Wildman–Crippen LogP) is 1.26. The molecule has 0 bridgehead atoms. The standard InChI is InChI=1S/C13H13ClN4O3/c1-21-13(20)11-12(8-2-4-9(14)5-3-8)18(17-16-11)7-6-10(15)19/h2-5H,6-7H2,1H3,(H2,15,19). The number of methoxy groups -OCH3 is 1. The van der Waals surface area contributed by atoms with Gasteiger partial charge in [-0.25, -0.2) is 9.48 Å². The fourth-order valence-electron chi connectivity index (χ4n) is 1.81. The number of benzene rings is 1. The summed E-state index contributed by atoms with van der Waals surface area (Å²) in [6, 6.07) is 6.83. The average Bonchev–Trinajstić information content (AvgIpc) is 2.89. The van der Waals surface area contributed by atoms with E-state index in [0.29, 0.717) is 16.3 Å². The summed E-state index contributed by atoms with van der Waals surface area (Å²) in [5, 5.41) is 8.26. The minimum Gasteiger partial charge on any atom is -0.464 e. The van der Waals surface area contributed by atoms with E-state index in [9.17, 15) is 9.59 Å². The Labute approximate surface area is 125 Å². The van der Waals surface area contributed by atoms with Crippen LogP contribution in [0, 0.1) is 0 Å². The van der Waals surface area contributed by atoms with Gasteiger partial charge in [-0.05, 0) is 12.1 Å². The number of amides is 1. The fourth-order valence-corrected chi connectivity index (χ4v) is 1.94. The van der Waals surface area contributed by atoms with Crippen LogP contribution in [0.1, 0.15) is 16.9 Å². The zero-order chi connectivity index (χ0) is 15.4. The SMILES string of the molecule is COC(=O)c1nnn(CCC(N)=O)c1-c1ccc(Cl)cc1. The van der Waals surface area contributed by atoms with Gasteiger partial charge in [0.2, 0.25) is 5.91 Å². The Morgan fingerprint density at radius 1 is 1.33 bits per heavy atom. The maximum atomic E-state index is 11.8. The first kappa shape index (κ1) is 15.0. The van der Waals surface area contributed by atoms with Crippen LogP contribution in [0.5, 0.6) is 0 Å². The van der Waals surface area contributed by atoms with Crippen LogP contribution < -0.4 is 5.73 Å². The summed E-state index contributed by atoms with van der Waals surface area (Å²) in [5.41, 5.74) is 6.35. The number of aromatic nitrogens is 3. The van der Waals surface area contributed by atoms with Crippen LogP contribution >= 0.6 is 11.6 Å². The van der Waals surface area contributed by atoms with Crippen molar-refractivity contribution in [2.45, 2.75) is 13.0 Å². The van der Waals surface area contributed by atoms with Crippen LogP contribution in [0.2, 0.25) is 5.02 Å². The highest BCUT2D eigenvalue weighted by atomic mass is 35.5. The van der Waals surface area contributed by atoms with Gasteiger partial charge in [0.15, 0.2) is 5.69 Å². The molecule has 110 valence electrons. The summed E-state index contributed by atoms with van der Waals surface area (Å²) in [6.07, 6.45) is 0.0879. The van der Waals surface area contributed by atoms with E-state index in [2.05, 4.69) is 15.0 Å². The van der Waals surface area contributed by atoms with E-state index in [1.165, 1.54) is 11.8 Å². The molecule has 1 aromatic heterocycles. The third-order valence-electron chi connectivity index (χ3n) is 2.80. The van der Waals surface area contributed by atoms with E-state index >= 15 is 0 Å². The van der Waals surface area contributed by atoms with E-state index in [1.54, 1.807) is 24.3 Å². The van der Waals surface area contributed by atoms with Crippen molar-refractivity contribution in [2.24, 2.45) is 5.73 Å². The van der Waals surface area contributed by atoms with Gasteiger partial charge in [-0.2, -0.15) is 0 Å². The second kappa shape index (κ2) is 6.36. The van der Waals surface area contributed by atoms with Gasteiger partial charge in [-0.3, -0.25) is 4.79 Å². The minimum absolute atomic E-state index is 0.0734. The van der Waals surface area contributed by atoms with E-state index < -0.39 is 11.9 Å². The Kier molecular flexibility index (Phi) is 4.54. The van der Waals surface area contributed by atoms with Crippen LogP contribution in [0.3, 0.4) is 0 Å². The third-order valence-corrected chi connectivity index (χ3v) is 3.05. The lowest BCUT2D eigenvalue weighted by atomic mass is 10.1. The number of carbonyl (C=O) groups is 2. The minimum atomic E-state index is -0.606. The van der Waals surface area contributed by atoms with Crippen LogP contribution in [0.4, 0.5) is 0 Å². The highest BCUT2D eigenvalue weighted by Crippen LogP contribution is 2.24. The molecular weight excluding hydrogens is 296 g/mol. The van der Waals surface area contributed by atoms with Crippen LogP contribution in [0.15, 0.2) is 24.3 Å². The number of carbonyl (C=O) groups excluding carboxylic acids is 2. The maximum absolute atomic E-state index is 11.8. The van der Waals surface area contributed by atoms with Gasteiger partial charge < -0.3 is 10.5 Å². The van der Waals surface area contributed by atoms with E-state index in [4.69, 9.17) is 17.3 Å². The largest absolute Gasteiger partial charge is 0.464 e. The molecule has 0 saturated heterocycles. The molecule has 0 aliphatic carbocycles. The second-order valence-corrected chi connectivity index (χ2v) is 4.66. The molecule has 0 atom stereocenters. The van der Waals surface area contributed by atoms with Crippen molar-refractivity contribution >= 4 is 23.5 Å². The first-order valence-corrected chi connectivity index (χ1v) is 6.46. The monoisotopic (exact) mass is 308 g/mol. The van der Waals surface area contributed by atoms with E-state index in [1.807, 2.05) is 0 Å². The van der Waals surface area contributed by atoms with E-state index in [0.717, 1.165) is 0 Å². The van der Waals surface area contributed by atoms with Gasteiger partial charge in [0.25, 0.3) is 0 Å². The van der Waals surface area contributed by atoms with Gasteiger partial charge in [-0.1, -0.05) is 28.9 Å². The second-order valence-electron chi connectivity index (χ2n) is 4.22.